The Hall–Kier alpha value is -3.13. The summed E-state index contributed by atoms with van der Waals surface area (Å²) in [6, 6.07) is 14.4. The van der Waals surface area contributed by atoms with Crippen molar-refractivity contribution in [3.8, 4) is 23.3 Å². The second-order valence-corrected chi connectivity index (χ2v) is 4.57. The quantitative estimate of drug-likeness (QED) is 0.852. The van der Waals surface area contributed by atoms with E-state index in [0.29, 0.717) is 11.3 Å². The molecule has 0 bridgehead atoms. The van der Waals surface area contributed by atoms with E-state index in [2.05, 4.69) is 17.2 Å². The third kappa shape index (κ3) is 4.97. The molecule has 2 N–H and O–H groups in total. The van der Waals surface area contributed by atoms with Crippen molar-refractivity contribution in [1.82, 2.24) is 5.32 Å². The molecule has 0 aliphatic heterocycles. The smallest absolute Gasteiger partial charge is 0.408 e. The molecule has 0 radical (unpaired) electrons. The van der Waals surface area contributed by atoms with E-state index in [1.165, 1.54) is 7.11 Å². The number of phenolic OH excluding ortho intramolecular Hbond substituents is 1. The highest BCUT2D eigenvalue weighted by Crippen LogP contribution is 2.28. The number of amides is 1. The summed E-state index contributed by atoms with van der Waals surface area (Å²) in [5, 5.41) is 12.4. The van der Waals surface area contributed by atoms with Crippen LogP contribution in [0.1, 0.15) is 11.1 Å². The molecule has 0 saturated carbocycles. The number of benzene rings is 2. The Kier molecular flexibility index (Phi) is 5.89. The number of para-hydroxylation sites is 1. The van der Waals surface area contributed by atoms with Crippen LogP contribution in [0.25, 0.3) is 0 Å². The average molecular weight is 311 g/mol. The van der Waals surface area contributed by atoms with E-state index < -0.39 is 6.09 Å². The second-order valence-electron chi connectivity index (χ2n) is 4.57. The number of methoxy groups -OCH3 is 1. The SMILES string of the molecule is COc1cccc(C#CCNC(=O)OCc2ccccc2)c1O. The Balaban J connectivity index is 1.80. The van der Waals surface area contributed by atoms with E-state index >= 15 is 0 Å². The van der Waals surface area contributed by atoms with E-state index in [1.807, 2.05) is 30.3 Å². The van der Waals surface area contributed by atoms with Gasteiger partial charge in [-0.15, -0.1) is 0 Å². The minimum absolute atomic E-state index is 0.0193. The van der Waals surface area contributed by atoms with E-state index in [-0.39, 0.29) is 18.9 Å². The van der Waals surface area contributed by atoms with Crippen molar-refractivity contribution in [3.63, 3.8) is 0 Å². The van der Waals surface area contributed by atoms with Crippen LogP contribution in [0.5, 0.6) is 11.5 Å². The topological polar surface area (TPSA) is 67.8 Å². The van der Waals surface area contributed by atoms with Crippen LogP contribution in [-0.2, 0) is 11.3 Å². The molecule has 2 aromatic carbocycles. The van der Waals surface area contributed by atoms with Crippen molar-refractivity contribution in [3.05, 3.63) is 59.7 Å². The fourth-order valence-electron chi connectivity index (χ4n) is 1.82. The normalized spacial score (nSPS) is 9.43. The van der Waals surface area contributed by atoms with Crippen LogP contribution in [0.2, 0.25) is 0 Å². The molecule has 0 spiro atoms. The number of rotatable bonds is 4. The van der Waals surface area contributed by atoms with E-state index in [4.69, 9.17) is 9.47 Å². The van der Waals surface area contributed by atoms with E-state index in [0.717, 1.165) is 5.56 Å². The number of aromatic hydroxyl groups is 1. The zero-order chi connectivity index (χ0) is 16.5. The summed E-state index contributed by atoms with van der Waals surface area (Å²) in [5.74, 6) is 5.85. The molecule has 0 unspecified atom stereocenters. The molecule has 0 atom stereocenters. The van der Waals surface area contributed by atoms with Crippen LogP contribution in [0, 0.1) is 11.8 Å². The molecular weight excluding hydrogens is 294 g/mol. The molecule has 5 nitrogen and oxygen atoms in total. The van der Waals surface area contributed by atoms with Gasteiger partial charge in [-0.25, -0.2) is 4.79 Å². The Bertz CT molecular complexity index is 717. The molecule has 0 aliphatic carbocycles. The number of phenols is 1. The summed E-state index contributed by atoms with van der Waals surface area (Å²) in [5.41, 5.74) is 1.35. The summed E-state index contributed by atoms with van der Waals surface area (Å²) in [6.07, 6.45) is -0.544. The van der Waals surface area contributed by atoms with Gasteiger partial charge < -0.3 is 19.9 Å². The summed E-state index contributed by atoms with van der Waals surface area (Å²) in [7, 11) is 1.47. The molecule has 118 valence electrons. The first-order valence-corrected chi connectivity index (χ1v) is 7.00. The van der Waals surface area contributed by atoms with Crippen molar-refractivity contribution in [2.24, 2.45) is 0 Å². The first-order chi connectivity index (χ1) is 11.2. The van der Waals surface area contributed by atoms with E-state index in [1.54, 1.807) is 18.2 Å². The number of nitrogens with one attached hydrogen (secondary N) is 1. The van der Waals surface area contributed by atoms with Crippen molar-refractivity contribution in [2.45, 2.75) is 6.61 Å². The van der Waals surface area contributed by atoms with Gasteiger partial charge in [-0.2, -0.15) is 0 Å². The molecular formula is C18H17NO4. The monoisotopic (exact) mass is 311 g/mol. The molecule has 0 aromatic heterocycles. The van der Waals surface area contributed by atoms with Gasteiger partial charge in [-0.05, 0) is 17.7 Å². The summed E-state index contributed by atoms with van der Waals surface area (Å²) >= 11 is 0. The summed E-state index contributed by atoms with van der Waals surface area (Å²) in [4.78, 5) is 11.5. The van der Waals surface area contributed by atoms with Crippen LogP contribution in [-0.4, -0.2) is 24.9 Å². The minimum Gasteiger partial charge on any atom is -0.503 e. The van der Waals surface area contributed by atoms with Gasteiger partial charge in [0.1, 0.15) is 6.61 Å². The Morgan fingerprint density at radius 2 is 1.96 bits per heavy atom. The van der Waals surface area contributed by atoms with Crippen molar-refractivity contribution >= 4 is 6.09 Å². The molecule has 2 aromatic rings. The van der Waals surface area contributed by atoms with Crippen LogP contribution in [0.3, 0.4) is 0 Å². The molecule has 0 fully saturated rings. The molecule has 0 saturated heterocycles. The lowest BCUT2D eigenvalue weighted by Gasteiger charge is -2.05. The van der Waals surface area contributed by atoms with Crippen molar-refractivity contribution < 1.29 is 19.4 Å². The van der Waals surface area contributed by atoms with Gasteiger partial charge in [0.15, 0.2) is 11.5 Å². The van der Waals surface area contributed by atoms with Gasteiger partial charge >= 0.3 is 6.09 Å². The highest BCUT2D eigenvalue weighted by molar-refractivity contribution is 5.67. The maximum Gasteiger partial charge on any atom is 0.408 e. The standard InChI is InChI=1S/C18H17NO4/c1-22-16-11-5-9-15(17(16)20)10-6-12-19-18(21)23-13-14-7-3-2-4-8-14/h2-5,7-9,11,20H,12-13H2,1H3,(H,19,21). The van der Waals surface area contributed by atoms with E-state index in [9.17, 15) is 9.90 Å². The second kappa shape index (κ2) is 8.35. The molecule has 23 heavy (non-hydrogen) atoms. The molecule has 2 rings (SSSR count). The van der Waals surface area contributed by atoms with Gasteiger partial charge in [0.2, 0.25) is 0 Å². The van der Waals surface area contributed by atoms with Gasteiger partial charge in [-0.1, -0.05) is 48.2 Å². The number of ether oxygens (including phenoxy) is 2. The Labute approximate surface area is 134 Å². The molecule has 0 heterocycles. The number of carbonyl (C=O) groups excluding carboxylic acids is 1. The first-order valence-electron chi connectivity index (χ1n) is 7.00. The highest BCUT2D eigenvalue weighted by atomic mass is 16.5. The summed E-state index contributed by atoms with van der Waals surface area (Å²) in [6.45, 7) is 0.320. The van der Waals surface area contributed by atoms with Gasteiger partial charge in [0.05, 0.1) is 19.2 Å². The lowest BCUT2D eigenvalue weighted by Crippen LogP contribution is -2.24. The first kappa shape index (κ1) is 16.2. The van der Waals surface area contributed by atoms with Crippen molar-refractivity contribution in [2.75, 3.05) is 13.7 Å². The fourth-order valence-corrected chi connectivity index (χ4v) is 1.82. The Morgan fingerprint density at radius 1 is 1.17 bits per heavy atom. The van der Waals surface area contributed by atoms with Crippen molar-refractivity contribution in [1.29, 1.82) is 0 Å². The number of alkyl carbamates (subject to hydrolysis) is 1. The number of hydrogen-bond acceptors (Lipinski definition) is 4. The third-order valence-corrected chi connectivity index (χ3v) is 2.98. The largest absolute Gasteiger partial charge is 0.503 e. The number of hydrogen-bond donors (Lipinski definition) is 2. The minimum atomic E-state index is -0.544. The third-order valence-electron chi connectivity index (χ3n) is 2.98. The molecule has 1 amide bonds. The Morgan fingerprint density at radius 3 is 2.70 bits per heavy atom. The van der Waals surface area contributed by atoms with Gasteiger partial charge in [0, 0.05) is 0 Å². The number of carbonyl (C=O) groups is 1. The van der Waals surface area contributed by atoms with Crippen LogP contribution >= 0.6 is 0 Å². The molecule has 0 aliphatic rings. The lowest BCUT2D eigenvalue weighted by molar-refractivity contribution is 0.141. The van der Waals surface area contributed by atoms with Gasteiger partial charge in [0.25, 0.3) is 0 Å². The molecule has 5 heteroatoms. The average Bonchev–Trinajstić information content (AvgIpc) is 2.59. The maximum absolute atomic E-state index is 11.5. The predicted molar refractivity (Wildman–Crippen MR) is 86.2 cm³/mol. The van der Waals surface area contributed by atoms with Crippen LogP contribution < -0.4 is 10.1 Å². The highest BCUT2D eigenvalue weighted by Gasteiger charge is 2.04. The maximum atomic E-state index is 11.5. The zero-order valence-electron chi connectivity index (χ0n) is 12.7. The fraction of sp³-hybridized carbons (Fsp3) is 0.167. The zero-order valence-corrected chi connectivity index (χ0v) is 12.7. The predicted octanol–water partition coefficient (Wildman–Crippen LogP) is 2.68. The lowest BCUT2D eigenvalue weighted by atomic mass is 10.2. The van der Waals surface area contributed by atoms with Gasteiger partial charge in [-0.3, -0.25) is 0 Å². The summed E-state index contributed by atoms with van der Waals surface area (Å²) < 4.78 is 10.1. The van der Waals surface area contributed by atoms with Crippen LogP contribution in [0.15, 0.2) is 48.5 Å². The van der Waals surface area contributed by atoms with Crippen LogP contribution in [0.4, 0.5) is 4.79 Å².